The number of hydrogen-bond acceptors (Lipinski definition) is 5. The number of benzene rings is 1. The second-order valence-electron chi connectivity index (χ2n) is 9.67. The van der Waals surface area contributed by atoms with Gasteiger partial charge in [0.15, 0.2) is 0 Å². The molecule has 0 aliphatic carbocycles. The lowest BCUT2D eigenvalue weighted by Gasteiger charge is -2.35. The predicted octanol–water partition coefficient (Wildman–Crippen LogP) is 2.41. The van der Waals surface area contributed by atoms with Crippen molar-refractivity contribution in [3.8, 4) is 0 Å². The Morgan fingerprint density at radius 3 is 2.56 bits per heavy atom. The third-order valence-corrected chi connectivity index (χ3v) is 7.57. The summed E-state index contributed by atoms with van der Waals surface area (Å²) >= 11 is 0. The fourth-order valence-corrected chi connectivity index (χ4v) is 5.70. The van der Waals surface area contributed by atoms with Crippen molar-refractivity contribution in [1.29, 1.82) is 0 Å². The summed E-state index contributed by atoms with van der Waals surface area (Å²) in [5, 5.41) is 11.0. The number of rotatable bonds is 4. The van der Waals surface area contributed by atoms with Gasteiger partial charge in [-0.25, -0.2) is 4.39 Å². The molecule has 3 saturated heterocycles. The van der Waals surface area contributed by atoms with Crippen LogP contribution in [0.25, 0.3) is 10.9 Å². The summed E-state index contributed by atoms with van der Waals surface area (Å²) in [5.41, 5.74) is 2.17. The van der Waals surface area contributed by atoms with Crippen molar-refractivity contribution in [2.75, 3.05) is 32.7 Å². The first-order valence-corrected chi connectivity index (χ1v) is 11.9. The van der Waals surface area contributed by atoms with Gasteiger partial charge in [-0.2, -0.15) is 5.10 Å². The number of nitrogens with one attached hydrogen (secondary N) is 2. The summed E-state index contributed by atoms with van der Waals surface area (Å²) in [6, 6.07) is 3.48. The van der Waals surface area contributed by atoms with E-state index in [1.165, 1.54) is 12.8 Å². The van der Waals surface area contributed by atoms with Gasteiger partial charge in [0.1, 0.15) is 5.82 Å². The molecule has 7 nitrogen and oxygen atoms in total. The first-order valence-electron chi connectivity index (χ1n) is 11.9. The van der Waals surface area contributed by atoms with Crippen LogP contribution in [-0.4, -0.2) is 59.2 Å². The zero-order chi connectivity index (χ0) is 22.2. The molecular formula is C24H32FN5O2. The summed E-state index contributed by atoms with van der Waals surface area (Å²) in [7, 11) is 1.83. The molecule has 3 aliphatic heterocycles. The number of halogens is 1. The molecule has 1 aromatic heterocycles. The number of aromatic nitrogens is 2. The maximum absolute atomic E-state index is 15.3. The van der Waals surface area contributed by atoms with Gasteiger partial charge < -0.3 is 10.2 Å². The van der Waals surface area contributed by atoms with E-state index in [1.54, 1.807) is 10.7 Å². The molecule has 1 atom stereocenters. The second kappa shape index (κ2) is 8.90. The van der Waals surface area contributed by atoms with E-state index in [4.69, 9.17) is 0 Å². The summed E-state index contributed by atoms with van der Waals surface area (Å²) in [6.45, 7) is 5.43. The van der Waals surface area contributed by atoms with Crippen molar-refractivity contribution in [2.24, 2.45) is 13.0 Å². The Balaban J connectivity index is 1.32. The molecule has 3 aliphatic rings. The number of hydrogen-bond donors (Lipinski definition) is 2. The van der Waals surface area contributed by atoms with Gasteiger partial charge in [0.2, 0.25) is 11.8 Å². The maximum atomic E-state index is 15.3. The molecule has 32 heavy (non-hydrogen) atoms. The SMILES string of the molecule is Cn1nc(C2CCC(=O)NC2=O)c2cc(F)c(C3CCN(CC4CCNCC4)CC3)cc21. The molecule has 0 radical (unpaired) electrons. The predicted molar refractivity (Wildman–Crippen MR) is 120 cm³/mol. The minimum Gasteiger partial charge on any atom is -0.317 e. The van der Waals surface area contributed by atoms with Gasteiger partial charge in [-0.05, 0) is 87.8 Å². The zero-order valence-electron chi connectivity index (χ0n) is 18.7. The molecule has 1 aromatic carbocycles. The van der Waals surface area contributed by atoms with Crippen molar-refractivity contribution in [2.45, 2.75) is 50.4 Å². The minimum atomic E-state index is -0.514. The van der Waals surface area contributed by atoms with Crippen LogP contribution >= 0.6 is 0 Å². The molecule has 172 valence electrons. The number of aryl methyl sites for hydroxylation is 1. The second-order valence-corrected chi connectivity index (χ2v) is 9.67. The van der Waals surface area contributed by atoms with Crippen LogP contribution in [0.15, 0.2) is 12.1 Å². The van der Waals surface area contributed by atoms with E-state index in [0.717, 1.165) is 62.6 Å². The fraction of sp³-hybridized carbons (Fsp3) is 0.625. The standard InChI is InChI=1S/C24H32FN5O2/c1-29-21-13-18(16-6-10-30(11-7-16)14-15-4-8-26-9-5-15)20(25)12-19(21)23(28-29)17-2-3-22(31)27-24(17)32/h12-13,15-17,26H,2-11,14H2,1H3,(H,27,31,32). The summed E-state index contributed by atoms with van der Waals surface area (Å²) in [6.07, 6.45) is 5.12. The third kappa shape index (κ3) is 4.18. The molecule has 5 rings (SSSR count). The van der Waals surface area contributed by atoms with Gasteiger partial charge in [0.05, 0.1) is 17.1 Å². The number of carbonyl (C=O) groups excluding carboxylic acids is 2. The first-order chi connectivity index (χ1) is 15.5. The Morgan fingerprint density at radius 2 is 1.84 bits per heavy atom. The number of nitrogens with zero attached hydrogens (tertiary/aromatic N) is 3. The summed E-state index contributed by atoms with van der Waals surface area (Å²) in [4.78, 5) is 26.4. The third-order valence-electron chi connectivity index (χ3n) is 7.57. The van der Waals surface area contributed by atoms with E-state index in [1.807, 2.05) is 13.1 Å². The van der Waals surface area contributed by atoms with E-state index in [2.05, 4.69) is 20.6 Å². The first kappa shape index (κ1) is 21.5. The van der Waals surface area contributed by atoms with Gasteiger partial charge in [0, 0.05) is 25.4 Å². The molecule has 0 spiro atoms. The highest BCUT2D eigenvalue weighted by molar-refractivity contribution is 6.02. The molecule has 0 saturated carbocycles. The molecular weight excluding hydrogens is 409 g/mol. The van der Waals surface area contributed by atoms with Crippen LogP contribution in [0.4, 0.5) is 4.39 Å². The minimum absolute atomic E-state index is 0.206. The molecule has 8 heteroatoms. The highest BCUT2D eigenvalue weighted by Crippen LogP contribution is 2.36. The highest BCUT2D eigenvalue weighted by atomic mass is 19.1. The molecule has 2 aromatic rings. The van der Waals surface area contributed by atoms with Crippen LogP contribution in [0, 0.1) is 11.7 Å². The Bertz CT molecular complexity index is 1020. The number of amides is 2. The smallest absolute Gasteiger partial charge is 0.235 e. The lowest BCUT2D eigenvalue weighted by molar-refractivity contribution is -0.134. The van der Waals surface area contributed by atoms with Crippen molar-refractivity contribution >= 4 is 22.7 Å². The van der Waals surface area contributed by atoms with Crippen molar-refractivity contribution in [3.05, 3.63) is 29.2 Å². The molecule has 4 heterocycles. The molecule has 2 N–H and O–H groups in total. The zero-order valence-corrected chi connectivity index (χ0v) is 18.7. The van der Waals surface area contributed by atoms with E-state index in [9.17, 15) is 9.59 Å². The van der Waals surface area contributed by atoms with Gasteiger partial charge >= 0.3 is 0 Å². The van der Waals surface area contributed by atoms with E-state index in [-0.39, 0.29) is 30.0 Å². The van der Waals surface area contributed by atoms with E-state index >= 15 is 4.39 Å². The molecule has 0 bridgehead atoms. The molecule has 1 unspecified atom stereocenters. The highest BCUT2D eigenvalue weighted by Gasteiger charge is 2.33. The van der Waals surface area contributed by atoms with Crippen LogP contribution in [0.3, 0.4) is 0 Å². The summed E-state index contributed by atoms with van der Waals surface area (Å²) in [5.74, 6) is -0.340. The number of carbonyl (C=O) groups is 2. The van der Waals surface area contributed by atoms with Crippen LogP contribution in [-0.2, 0) is 16.6 Å². The van der Waals surface area contributed by atoms with Crippen LogP contribution < -0.4 is 10.6 Å². The lowest BCUT2D eigenvalue weighted by Crippen LogP contribution is -2.40. The van der Waals surface area contributed by atoms with E-state index < -0.39 is 5.92 Å². The number of likely N-dealkylation sites (tertiary alicyclic amines) is 1. The number of imide groups is 1. The van der Waals surface area contributed by atoms with Crippen LogP contribution in [0.1, 0.15) is 61.6 Å². The average molecular weight is 442 g/mol. The van der Waals surface area contributed by atoms with Gasteiger partial charge in [-0.1, -0.05) is 0 Å². The lowest BCUT2D eigenvalue weighted by atomic mass is 9.86. The van der Waals surface area contributed by atoms with Gasteiger partial charge in [0.25, 0.3) is 0 Å². The largest absolute Gasteiger partial charge is 0.317 e. The number of piperidine rings is 3. The molecule has 2 amide bonds. The Hall–Kier alpha value is -2.32. The summed E-state index contributed by atoms with van der Waals surface area (Å²) < 4.78 is 17.0. The topological polar surface area (TPSA) is 79.3 Å². The van der Waals surface area contributed by atoms with Crippen molar-refractivity contribution in [1.82, 2.24) is 25.3 Å². The van der Waals surface area contributed by atoms with Crippen molar-refractivity contribution < 1.29 is 14.0 Å². The molecule has 3 fully saturated rings. The van der Waals surface area contributed by atoms with Gasteiger partial charge in [-0.15, -0.1) is 0 Å². The number of fused-ring (bicyclic) bond motifs is 1. The van der Waals surface area contributed by atoms with Crippen LogP contribution in [0.2, 0.25) is 0 Å². The quantitative estimate of drug-likeness (QED) is 0.713. The fourth-order valence-electron chi connectivity index (χ4n) is 5.70. The normalized spacial score (nSPS) is 24.2. The Labute approximate surface area is 187 Å². The van der Waals surface area contributed by atoms with E-state index in [0.29, 0.717) is 17.5 Å². The van der Waals surface area contributed by atoms with Gasteiger partial charge in [-0.3, -0.25) is 19.6 Å². The Kier molecular flexibility index (Phi) is 5.99. The average Bonchev–Trinajstić information content (AvgIpc) is 3.09. The van der Waals surface area contributed by atoms with Crippen LogP contribution in [0.5, 0.6) is 0 Å². The Morgan fingerprint density at radius 1 is 1.09 bits per heavy atom. The maximum Gasteiger partial charge on any atom is 0.235 e. The van der Waals surface area contributed by atoms with Crippen molar-refractivity contribution in [3.63, 3.8) is 0 Å². The monoisotopic (exact) mass is 441 g/mol.